The number of hydrogen-bond donors (Lipinski definition) is 0. The minimum atomic E-state index is 0.990. The van der Waals surface area contributed by atoms with Crippen molar-refractivity contribution in [3.05, 3.63) is 127 Å². The Kier molecular flexibility index (Phi) is 4.21. The monoisotopic (exact) mass is 515 g/mol. The molecule has 39 heavy (non-hydrogen) atoms. The maximum absolute atomic E-state index is 5.47. The van der Waals surface area contributed by atoms with Gasteiger partial charge in [-0.2, -0.15) is 0 Å². The topological polar surface area (TPSA) is 22.8 Å². The van der Waals surface area contributed by atoms with E-state index >= 15 is 0 Å². The second kappa shape index (κ2) is 7.79. The molecule has 0 unspecified atom stereocenters. The number of hydrogen-bond acceptors (Lipinski definition) is 2. The van der Waals surface area contributed by atoms with Gasteiger partial charge in [-0.1, -0.05) is 84.9 Å². The number of thiophene rings is 1. The van der Waals surface area contributed by atoms with Gasteiger partial charge in [-0.3, -0.25) is 4.57 Å². The van der Waals surface area contributed by atoms with Crippen LogP contribution >= 0.6 is 11.3 Å². The molecule has 4 heteroatoms. The van der Waals surface area contributed by atoms with Crippen LogP contribution in [-0.2, 0) is 0 Å². The lowest BCUT2D eigenvalue weighted by Crippen LogP contribution is -1.96. The zero-order valence-electron chi connectivity index (χ0n) is 20.9. The van der Waals surface area contributed by atoms with Gasteiger partial charge in [0.05, 0.1) is 32.5 Å². The van der Waals surface area contributed by atoms with Gasteiger partial charge in [-0.15, -0.1) is 11.3 Å². The van der Waals surface area contributed by atoms with Crippen LogP contribution in [-0.4, -0.2) is 14.1 Å². The van der Waals surface area contributed by atoms with Crippen LogP contribution in [0.25, 0.3) is 75.4 Å². The molecular weight excluding hydrogens is 494 g/mol. The summed E-state index contributed by atoms with van der Waals surface area (Å²) < 4.78 is 7.31. The van der Waals surface area contributed by atoms with E-state index in [-0.39, 0.29) is 0 Å². The zero-order valence-corrected chi connectivity index (χ0v) is 21.7. The predicted octanol–water partition coefficient (Wildman–Crippen LogP) is 9.64. The molecule has 0 aliphatic rings. The third kappa shape index (κ3) is 2.84. The van der Waals surface area contributed by atoms with Gasteiger partial charge >= 0.3 is 0 Å². The summed E-state index contributed by atoms with van der Waals surface area (Å²) in [6.07, 6.45) is 0. The fraction of sp³-hybridized carbons (Fsp3) is 0. The molecule has 0 aliphatic carbocycles. The van der Waals surface area contributed by atoms with Gasteiger partial charge in [0.25, 0.3) is 0 Å². The van der Waals surface area contributed by atoms with E-state index in [1.165, 1.54) is 42.3 Å². The molecule has 0 saturated heterocycles. The van der Waals surface area contributed by atoms with Gasteiger partial charge in [0.15, 0.2) is 0 Å². The lowest BCUT2D eigenvalue weighted by molar-refractivity contribution is 1.16. The van der Waals surface area contributed by atoms with E-state index in [1.54, 1.807) is 0 Å². The van der Waals surface area contributed by atoms with E-state index in [0.717, 1.165) is 33.1 Å². The zero-order chi connectivity index (χ0) is 25.5. The van der Waals surface area contributed by atoms with Crippen molar-refractivity contribution >= 4 is 75.4 Å². The molecule has 0 atom stereocenters. The average molecular weight is 516 g/mol. The molecule has 0 fully saturated rings. The third-order valence-corrected chi connectivity index (χ3v) is 9.12. The van der Waals surface area contributed by atoms with Gasteiger partial charge in [-0.05, 0) is 42.5 Å². The Balaban J connectivity index is 1.47. The molecule has 0 saturated carbocycles. The molecular formula is C35H21N3S. The van der Waals surface area contributed by atoms with E-state index in [0.29, 0.717) is 0 Å². The second-order valence-electron chi connectivity index (χ2n) is 10.0. The highest BCUT2D eigenvalue weighted by Crippen LogP contribution is 2.42. The first-order chi connectivity index (χ1) is 19.4. The molecule has 0 N–H and O–H groups in total. The van der Waals surface area contributed by atoms with Crippen molar-refractivity contribution in [2.45, 2.75) is 0 Å². The molecule has 0 spiro atoms. The van der Waals surface area contributed by atoms with Crippen LogP contribution in [0.5, 0.6) is 0 Å². The largest absolute Gasteiger partial charge is 0.308 e. The van der Waals surface area contributed by atoms with Crippen molar-refractivity contribution in [2.75, 3.05) is 0 Å². The summed E-state index contributed by atoms with van der Waals surface area (Å²) in [6.45, 7) is 0. The number of para-hydroxylation sites is 3. The van der Waals surface area contributed by atoms with E-state index < -0.39 is 0 Å². The molecule has 4 heterocycles. The quantitative estimate of drug-likeness (QED) is 0.225. The van der Waals surface area contributed by atoms with Crippen molar-refractivity contribution in [3.63, 3.8) is 0 Å². The Hall–Kier alpha value is -4.93. The molecule has 4 aromatic heterocycles. The maximum atomic E-state index is 5.47. The van der Waals surface area contributed by atoms with Gasteiger partial charge in [0, 0.05) is 37.3 Å². The molecule has 182 valence electrons. The van der Waals surface area contributed by atoms with Crippen LogP contribution in [0.15, 0.2) is 127 Å². The predicted molar refractivity (Wildman–Crippen MR) is 166 cm³/mol. The number of pyridine rings is 1. The first-order valence-electron chi connectivity index (χ1n) is 13.2. The number of nitrogens with zero attached hydrogens (tertiary/aromatic N) is 3. The summed E-state index contributed by atoms with van der Waals surface area (Å²) in [5, 5.41) is 6.14. The standard InChI is InChI=1S/C35H21N3S/c1-2-11-22(12-3-1)37-29-18-8-5-15-26(29)33-31(37)21-27-23-13-4-7-17-28(23)38(35(27)36-33)30-19-10-16-25-24-14-6-9-20-32(24)39-34(25)30/h1-21H. The fourth-order valence-electron chi connectivity index (χ4n) is 6.25. The summed E-state index contributed by atoms with van der Waals surface area (Å²) in [6, 6.07) is 45.6. The first-order valence-corrected chi connectivity index (χ1v) is 14.0. The lowest BCUT2D eigenvalue weighted by Gasteiger charge is -2.09. The number of aromatic nitrogens is 3. The van der Waals surface area contributed by atoms with Crippen molar-refractivity contribution in [3.8, 4) is 11.4 Å². The van der Waals surface area contributed by atoms with E-state index in [9.17, 15) is 0 Å². The van der Waals surface area contributed by atoms with Gasteiger partial charge in [-0.25, -0.2) is 4.98 Å². The molecule has 0 bridgehead atoms. The van der Waals surface area contributed by atoms with Crippen molar-refractivity contribution in [1.29, 1.82) is 0 Å². The van der Waals surface area contributed by atoms with E-state index in [4.69, 9.17) is 4.98 Å². The summed E-state index contributed by atoms with van der Waals surface area (Å²) in [5.41, 5.74) is 7.80. The Morgan fingerprint density at radius 2 is 1.15 bits per heavy atom. The highest BCUT2D eigenvalue weighted by Gasteiger charge is 2.21. The number of fused-ring (bicyclic) bond motifs is 9. The smallest absolute Gasteiger partial charge is 0.146 e. The van der Waals surface area contributed by atoms with Crippen LogP contribution in [0.3, 0.4) is 0 Å². The minimum Gasteiger partial charge on any atom is -0.308 e. The SMILES string of the molecule is c1ccc(-n2c3ccccc3c3nc4c(cc32)c2ccccc2n4-c2cccc3c2sc2ccccc23)cc1. The molecule has 9 aromatic rings. The van der Waals surface area contributed by atoms with Crippen molar-refractivity contribution < 1.29 is 0 Å². The van der Waals surface area contributed by atoms with Crippen LogP contribution in [0, 0.1) is 0 Å². The minimum absolute atomic E-state index is 0.990. The molecule has 0 amide bonds. The first kappa shape index (κ1) is 21.1. The molecule has 0 radical (unpaired) electrons. The maximum Gasteiger partial charge on any atom is 0.146 e. The van der Waals surface area contributed by atoms with Gasteiger partial charge in [0.1, 0.15) is 5.65 Å². The highest BCUT2D eigenvalue weighted by atomic mass is 32.1. The summed E-state index contributed by atoms with van der Waals surface area (Å²) >= 11 is 1.86. The van der Waals surface area contributed by atoms with Crippen LogP contribution in [0.2, 0.25) is 0 Å². The molecule has 0 aliphatic heterocycles. The third-order valence-electron chi connectivity index (χ3n) is 7.91. The normalized spacial score (nSPS) is 12.1. The Labute approximate surface area is 227 Å². The van der Waals surface area contributed by atoms with E-state index in [1.807, 2.05) is 11.3 Å². The van der Waals surface area contributed by atoms with Crippen LogP contribution < -0.4 is 0 Å². The van der Waals surface area contributed by atoms with Crippen molar-refractivity contribution in [2.24, 2.45) is 0 Å². The molecule has 9 rings (SSSR count). The molecule has 5 aromatic carbocycles. The Bertz CT molecular complexity index is 2390. The Morgan fingerprint density at radius 3 is 2.00 bits per heavy atom. The summed E-state index contributed by atoms with van der Waals surface area (Å²) in [7, 11) is 0. The number of rotatable bonds is 2. The summed E-state index contributed by atoms with van der Waals surface area (Å²) in [5.74, 6) is 0. The van der Waals surface area contributed by atoms with Crippen LogP contribution in [0.4, 0.5) is 0 Å². The fourth-order valence-corrected chi connectivity index (χ4v) is 7.45. The van der Waals surface area contributed by atoms with Gasteiger partial charge in [0.2, 0.25) is 0 Å². The second-order valence-corrected chi connectivity index (χ2v) is 11.1. The lowest BCUT2D eigenvalue weighted by atomic mass is 10.1. The van der Waals surface area contributed by atoms with E-state index in [2.05, 4.69) is 137 Å². The van der Waals surface area contributed by atoms with Gasteiger partial charge < -0.3 is 4.57 Å². The van der Waals surface area contributed by atoms with Crippen LogP contribution in [0.1, 0.15) is 0 Å². The molecule has 3 nitrogen and oxygen atoms in total. The highest BCUT2D eigenvalue weighted by molar-refractivity contribution is 7.26. The van der Waals surface area contributed by atoms with Crippen molar-refractivity contribution in [1.82, 2.24) is 14.1 Å². The average Bonchev–Trinajstić information content (AvgIpc) is 3.64. The number of benzene rings is 5. The summed E-state index contributed by atoms with van der Waals surface area (Å²) in [4.78, 5) is 5.47. The Morgan fingerprint density at radius 1 is 0.487 bits per heavy atom.